The van der Waals surface area contributed by atoms with Gasteiger partial charge >= 0.3 is 0 Å². The van der Waals surface area contributed by atoms with E-state index in [1.54, 1.807) is 28.3 Å². The molecule has 1 aromatic heterocycles. The Kier molecular flexibility index (Phi) is 5.21. The van der Waals surface area contributed by atoms with Crippen LogP contribution in [0.15, 0.2) is 48.5 Å². The molecule has 1 heterocycles. The Bertz CT molecular complexity index is 971. The fourth-order valence-electron chi connectivity index (χ4n) is 3.24. The van der Waals surface area contributed by atoms with Crippen molar-refractivity contribution < 1.29 is 19.0 Å². The van der Waals surface area contributed by atoms with Gasteiger partial charge in [-0.3, -0.25) is 4.79 Å². The lowest BCUT2D eigenvalue weighted by Crippen LogP contribution is -2.02. The van der Waals surface area contributed by atoms with E-state index in [-0.39, 0.29) is 5.78 Å². The van der Waals surface area contributed by atoms with Gasteiger partial charge in [-0.05, 0) is 62.4 Å². The Morgan fingerprint density at radius 3 is 2.04 bits per heavy atom. The van der Waals surface area contributed by atoms with E-state index in [1.165, 1.54) is 0 Å². The van der Waals surface area contributed by atoms with Crippen LogP contribution in [0.25, 0.3) is 16.9 Å². The van der Waals surface area contributed by atoms with Gasteiger partial charge in [0, 0.05) is 22.5 Å². The molecule has 140 valence electrons. The zero-order valence-electron chi connectivity index (χ0n) is 16.2. The number of aromatic nitrogens is 1. The summed E-state index contributed by atoms with van der Waals surface area (Å²) in [7, 11) is 4.80. The van der Waals surface area contributed by atoms with Crippen LogP contribution in [-0.2, 0) is 0 Å². The van der Waals surface area contributed by atoms with E-state index in [2.05, 4.69) is 4.57 Å². The molecule has 5 nitrogen and oxygen atoms in total. The summed E-state index contributed by atoms with van der Waals surface area (Å²) in [4.78, 5) is 11.6. The first kappa shape index (κ1) is 18.6. The molecule has 0 saturated carbocycles. The minimum atomic E-state index is 0.0487. The molecule has 0 amide bonds. The predicted molar refractivity (Wildman–Crippen MR) is 106 cm³/mol. The molecule has 5 heteroatoms. The van der Waals surface area contributed by atoms with Crippen molar-refractivity contribution in [3.8, 4) is 34.2 Å². The number of hydrogen-bond donors (Lipinski definition) is 0. The zero-order valence-corrected chi connectivity index (χ0v) is 16.2. The highest BCUT2D eigenvalue weighted by atomic mass is 16.5. The number of rotatable bonds is 6. The molecule has 0 saturated heterocycles. The molecule has 3 aromatic rings. The standard InChI is InChI=1S/C22H23NO4/c1-14-6-12-19(23(14)17-9-7-16(8-10-17)15(2)24)18-11-13-20(25-3)22(27-5)21(18)26-4/h6-13H,1-5H3. The zero-order chi connectivity index (χ0) is 19.6. The van der Waals surface area contributed by atoms with E-state index in [4.69, 9.17) is 14.2 Å². The van der Waals surface area contributed by atoms with Crippen LogP contribution in [0.1, 0.15) is 23.0 Å². The van der Waals surface area contributed by atoms with Crippen molar-refractivity contribution in [2.75, 3.05) is 21.3 Å². The number of aryl methyl sites for hydroxylation is 1. The summed E-state index contributed by atoms with van der Waals surface area (Å²) in [6.07, 6.45) is 0. The first-order valence-electron chi connectivity index (χ1n) is 8.60. The monoisotopic (exact) mass is 365 g/mol. The van der Waals surface area contributed by atoms with Crippen molar-refractivity contribution in [1.29, 1.82) is 0 Å². The van der Waals surface area contributed by atoms with E-state index in [0.29, 0.717) is 22.8 Å². The molecule has 0 atom stereocenters. The van der Waals surface area contributed by atoms with Crippen LogP contribution in [0, 0.1) is 6.92 Å². The van der Waals surface area contributed by atoms with Crippen molar-refractivity contribution in [2.45, 2.75) is 13.8 Å². The Morgan fingerprint density at radius 1 is 0.815 bits per heavy atom. The molecule has 0 radical (unpaired) electrons. The summed E-state index contributed by atoms with van der Waals surface area (Å²) < 4.78 is 18.7. The van der Waals surface area contributed by atoms with Crippen molar-refractivity contribution in [1.82, 2.24) is 4.57 Å². The van der Waals surface area contributed by atoms with Crippen LogP contribution in [0.2, 0.25) is 0 Å². The molecule has 0 aliphatic carbocycles. The van der Waals surface area contributed by atoms with Crippen LogP contribution in [0.5, 0.6) is 17.2 Å². The molecule has 0 spiro atoms. The summed E-state index contributed by atoms with van der Waals surface area (Å²) >= 11 is 0. The molecule has 3 rings (SSSR count). The second-order valence-corrected chi connectivity index (χ2v) is 6.18. The number of benzene rings is 2. The minimum Gasteiger partial charge on any atom is -0.493 e. The van der Waals surface area contributed by atoms with Gasteiger partial charge < -0.3 is 18.8 Å². The lowest BCUT2D eigenvalue weighted by molar-refractivity contribution is 0.101. The Hall–Kier alpha value is -3.21. The van der Waals surface area contributed by atoms with Gasteiger partial charge in [-0.2, -0.15) is 0 Å². The third-order valence-corrected chi connectivity index (χ3v) is 4.59. The SMILES string of the molecule is COc1ccc(-c2ccc(C)n2-c2ccc(C(C)=O)cc2)c(OC)c1OC. The first-order valence-corrected chi connectivity index (χ1v) is 8.60. The van der Waals surface area contributed by atoms with E-state index in [0.717, 1.165) is 22.6 Å². The molecule has 0 bridgehead atoms. The Balaban J connectivity index is 2.19. The lowest BCUT2D eigenvalue weighted by atomic mass is 10.1. The molecular formula is C22H23NO4. The molecule has 0 fully saturated rings. The molecule has 2 aromatic carbocycles. The van der Waals surface area contributed by atoms with E-state index in [9.17, 15) is 4.79 Å². The summed E-state index contributed by atoms with van der Waals surface area (Å²) in [5.74, 6) is 1.82. The normalized spacial score (nSPS) is 10.6. The smallest absolute Gasteiger partial charge is 0.203 e. The number of nitrogens with zero attached hydrogens (tertiary/aromatic N) is 1. The average Bonchev–Trinajstić information content (AvgIpc) is 3.07. The molecule has 0 aliphatic rings. The van der Waals surface area contributed by atoms with Gasteiger partial charge in [-0.1, -0.05) is 0 Å². The summed E-state index contributed by atoms with van der Waals surface area (Å²) in [6.45, 7) is 3.60. The van der Waals surface area contributed by atoms with Crippen molar-refractivity contribution in [3.05, 3.63) is 59.8 Å². The van der Waals surface area contributed by atoms with E-state index >= 15 is 0 Å². The molecule has 0 unspecified atom stereocenters. The first-order chi connectivity index (χ1) is 13.0. The molecule has 27 heavy (non-hydrogen) atoms. The number of ketones is 1. The van der Waals surface area contributed by atoms with Gasteiger partial charge in [-0.15, -0.1) is 0 Å². The van der Waals surface area contributed by atoms with Crippen LogP contribution in [0.4, 0.5) is 0 Å². The maximum atomic E-state index is 11.6. The molecular weight excluding hydrogens is 342 g/mol. The molecule has 0 aliphatic heterocycles. The minimum absolute atomic E-state index is 0.0487. The maximum Gasteiger partial charge on any atom is 0.203 e. The Labute approximate surface area is 159 Å². The quantitative estimate of drug-likeness (QED) is 0.595. The van der Waals surface area contributed by atoms with Crippen molar-refractivity contribution in [3.63, 3.8) is 0 Å². The summed E-state index contributed by atoms with van der Waals surface area (Å²) in [5, 5.41) is 0. The predicted octanol–water partition coefficient (Wildman–Crippen LogP) is 4.68. The fraction of sp³-hybridized carbons (Fsp3) is 0.227. The number of carbonyl (C=O) groups excluding carboxylic acids is 1. The van der Waals surface area contributed by atoms with Gasteiger partial charge in [0.2, 0.25) is 5.75 Å². The highest BCUT2D eigenvalue weighted by molar-refractivity contribution is 5.94. The van der Waals surface area contributed by atoms with Gasteiger partial charge in [0.25, 0.3) is 0 Å². The van der Waals surface area contributed by atoms with Crippen LogP contribution in [-0.4, -0.2) is 31.7 Å². The number of carbonyl (C=O) groups is 1. The number of Topliss-reactive ketones (excluding diaryl/α,β-unsaturated/α-hetero) is 1. The van der Waals surface area contributed by atoms with Crippen LogP contribution < -0.4 is 14.2 Å². The second kappa shape index (κ2) is 7.58. The average molecular weight is 365 g/mol. The van der Waals surface area contributed by atoms with Crippen molar-refractivity contribution in [2.24, 2.45) is 0 Å². The lowest BCUT2D eigenvalue weighted by Gasteiger charge is -2.18. The van der Waals surface area contributed by atoms with Gasteiger partial charge in [0.05, 0.1) is 27.0 Å². The topological polar surface area (TPSA) is 49.7 Å². The highest BCUT2D eigenvalue weighted by Gasteiger charge is 2.20. The largest absolute Gasteiger partial charge is 0.493 e. The second-order valence-electron chi connectivity index (χ2n) is 6.18. The van der Waals surface area contributed by atoms with Crippen LogP contribution >= 0.6 is 0 Å². The fourth-order valence-corrected chi connectivity index (χ4v) is 3.24. The van der Waals surface area contributed by atoms with E-state index < -0.39 is 0 Å². The molecule has 0 N–H and O–H groups in total. The number of methoxy groups -OCH3 is 3. The Morgan fingerprint density at radius 2 is 1.48 bits per heavy atom. The third-order valence-electron chi connectivity index (χ3n) is 4.59. The summed E-state index contributed by atoms with van der Waals surface area (Å²) in [5.41, 5.74) is 4.57. The number of hydrogen-bond acceptors (Lipinski definition) is 4. The van der Waals surface area contributed by atoms with Crippen LogP contribution in [0.3, 0.4) is 0 Å². The highest BCUT2D eigenvalue weighted by Crippen LogP contribution is 2.45. The third kappa shape index (κ3) is 3.28. The van der Waals surface area contributed by atoms with E-state index in [1.807, 2.05) is 55.5 Å². The van der Waals surface area contributed by atoms with Crippen molar-refractivity contribution >= 4 is 5.78 Å². The van der Waals surface area contributed by atoms with Gasteiger partial charge in [0.15, 0.2) is 17.3 Å². The van der Waals surface area contributed by atoms with Gasteiger partial charge in [-0.25, -0.2) is 0 Å². The summed E-state index contributed by atoms with van der Waals surface area (Å²) in [6, 6.07) is 15.5. The maximum absolute atomic E-state index is 11.6. The van der Waals surface area contributed by atoms with Gasteiger partial charge in [0.1, 0.15) is 0 Å². The number of ether oxygens (including phenoxy) is 3.